The molecule has 7 heteroatoms. The molecule has 0 bridgehead atoms. The summed E-state index contributed by atoms with van der Waals surface area (Å²) < 4.78 is 19.6. The van der Waals surface area contributed by atoms with Gasteiger partial charge >= 0.3 is 0 Å². The second-order valence-corrected chi connectivity index (χ2v) is 18.1. The smallest absolute Gasteiger partial charge is 0.226 e. The van der Waals surface area contributed by atoms with Crippen LogP contribution in [0.4, 0.5) is 0 Å². The first-order valence-electron chi connectivity index (χ1n) is 13.2. The first-order chi connectivity index (χ1) is 16.3. The Kier molecular flexibility index (Phi) is 7.32. The molecule has 2 saturated carbocycles. The van der Waals surface area contributed by atoms with Gasteiger partial charge < -0.3 is 24.3 Å². The molecule has 6 nitrogen and oxygen atoms in total. The van der Waals surface area contributed by atoms with Gasteiger partial charge in [0.25, 0.3) is 0 Å². The number of carbonyl (C=O) groups is 1. The van der Waals surface area contributed by atoms with E-state index in [1.165, 1.54) is 0 Å². The molecule has 5 atom stereocenters. The van der Waals surface area contributed by atoms with E-state index in [2.05, 4.69) is 53.0 Å². The zero-order valence-electron chi connectivity index (χ0n) is 22.6. The van der Waals surface area contributed by atoms with Crippen LogP contribution in [0.25, 0.3) is 0 Å². The summed E-state index contributed by atoms with van der Waals surface area (Å²) >= 11 is 0. The van der Waals surface area contributed by atoms with E-state index in [9.17, 15) is 9.90 Å². The summed E-state index contributed by atoms with van der Waals surface area (Å²) in [6.07, 6.45) is 2.26. The van der Waals surface area contributed by atoms with Gasteiger partial charge in [0.1, 0.15) is 0 Å². The van der Waals surface area contributed by atoms with Gasteiger partial charge in [-0.25, -0.2) is 0 Å². The largest absolute Gasteiger partial charge is 0.413 e. The van der Waals surface area contributed by atoms with E-state index in [0.717, 1.165) is 24.8 Å². The van der Waals surface area contributed by atoms with Crippen molar-refractivity contribution in [3.63, 3.8) is 0 Å². The Balaban J connectivity index is 1.57. The third kappa shape index (κ3) is 5.54. The third-order valence-electron chi connectivity index (χ3n) is 8.83. The molecule has 3 aliphatic rings. The van der Waals surface area contributed by atoms with Gasteiger partial charge in [-0.1, -0.05) is 65.0 Å². The quantitative estimate of drug-likeness (QED) is 0.532. The molecule has 4 rings (SSSR count). The van der Waals surface area contributed by atoms with Gasteiger partial charge in [0.2, 0.25) is 5.91 Å². The van der Waals surface area contributed by atoms with E-state index < -0.39 is 20.1 Å². The molecule has 1 aromatic rings. The molecule has 3 fully saturated rings. The first kappa shape index (κ1) is 26.8. The molecule has 1 aliphatic heterocycles. The Bertz CT molecular complexity index is 886. The Hall–Kier alpha value is -1.25. The molecule has 1 aromatic carbocycles. The van der Waals surface area contributed by atoms with Crippen LogP contribution >= 0.6 is 0 Å². The van der Waals surface area contributed by atoms with Gasteiger partial charge in [-0.15, -0.1) is 0 Å². The van der Waals surface area contributed by atoms with Gasteiger partial charge in [0.05, 0.1) is 37.9 Å². The summed E-state index contributed by atoms with van der Waals surface area (Å²) in [4.78, 5) is 13.9. The van der Waals surface area contributed by atoms with Crippen LogP contribution < -0.4 is 5.32 Å². The molecule has 1 saturated heterocycles. The molecule has 0 radical (unpaired) electrons. The van der Waals surface area contributed by atoms with E-state index in [0.29, 0.717) is 19.1 Å². The van der Waals surface area contributed by atoms with Crippen LogP contribution in [-0.4, -0.2) is 51.0 Å². The molecule has 1 amide bonds. The fourth-order valence-corrected chi connectivity index (χ4v) is 7.11. The van der Waals surface area contributed by atoms with Crippen molar-refractivity contribution < 1.29 is 23.8 Å². The van der Waals surface area contributed by atoms with E-state index in [4.69, 9.17) is 13.9 Å². The number of hydrogen-bond acceptors (Lipinski definition) is 5. The number of aliphatic hydroxyl groups is 1. The van der Waals surface area contributed by atoms with Crippen molar-refractivity contribution >= 4 is 14.2 Å². The minimum absolute atomic E-state index is 0.0116. The molecular formula is C28H45NO5Si. The summed E-state index contributed by atoms with van der Waals surface area (Å²) in [7, 11) is -2.08. The number of ether oxygens (including phenoxy) is 2. The van der Waals surface area contributed by atoms with Crippen molar-refractivity contribution in [1.82, 2.24) is 5.32 Å². The Morgan fingerprint density at radius 2 is 1.80 bits per heavy atom. The zero-order chi connectivity index (χ0) is 25.6. The van der Waals surface area contributed by atoms with E-state index in [-0.39, 0.29) is 40.9 Å². The van der Waals surface area contributed by atoms with Gasteiger partial charge in [0, 0.05) is 18.3 Å². The minimum Gasteiger partial charge on any atom is -0.413 e. The summed E-state index contributed by atoms with van der Waals surface area (Å²) in [6.45, 7) is 16.8. The monoisotopic (exact) mass is 503 g/mol. The van der Waals surface area contributed by atoms with Crippen molar-refractivity contribution in [1.29, 1.82) is 0 Å². The van der Waals surface area contributed by atoms with Crippen molar-refractivity contribution in [3.8, 4) is 0 Å². The maximum Gasteiger partial charge on any atom is 0.226 e. The second kappa shape index (κ2) is 9.56. The summed E-state index contributed by atoms with van der Waals surface area (Å²) in [6, 6.07) is 9.25. The lowest BCUT2D eigenvalue weighted by Gasteiger charge is -2.43. The molecule has 2 aliphatic carbocycles. The average Bonchev–Trinajstić information content (AvgIpc) is 3.27. The lowest BCUT2D eigenvalue weighted by molar-refractivity contribution is -0.298. The van der Waals surface area contributed by atoms with Crippen LogP contribution in [0.3, 0.4) is 0 Å². The zero-order valence-corrected chi connectivity index (χ0v) is 23.6. The topological polar surface area (TPSA) is 77.0 Å². The van der Waals surface area contributed by atoms with Crippen LogP contribution in [0, 0.1) is 23.2 Å². The number of rotatable bonds is 6. The summed E-state index contributed by atoms with van der Waals surface area (Å²) in [5, 5.41) is 13.3. The summed E-state index contributed by atoms with van der Waals surface area (Å²) in [5.74, 6) is -0.431. The Labute approximate surface area is 212 Å². The van der Waals surface area contributed by atoms with Crippen LogP contribution in [0.15, 0.2) is 30.3 Å². The molecule has 196 valence electrons. The highest BCUT2D eigenvalue weighted by molar-refractivity contribution is 6.74. The highest BCUT2D eigenvalue weighted by Gasteiger charge is 2.60. The van der Waals surface area contributed by atoms with Crippen molar-refractivity contribution in [2.75, 3.05) is 19.8 Å². The van der Waals surface area contributed by atoms with Crippen LogP contribution in [0.2, 0.25) is 18.1 Å². The second-order valence-electron chi connectivity index (χ2n) is 13.3. The number of hydrogen-bond donors (Lipinski definition) is 2. The highest BCUT2D eigenvalue weighted by Crippen LogP contribution is 2.56. The van der Waals surface area contributed by atoms with Crippen molar-refractivity contribution in [2.24, 2.45) is 23.2 Å². The molecule has 0 aromatic heterocycles. The lowest BCUT2D eigenvalue weighted by Crippen LogP contribution is -2.50. The van der Waals surface area contributed by atoms with Crippen LogP contribution in [-0.2, 0) is 18.7 Å². The van der Waals surface area contributed by atoms with E-state index in [1.54, 1.807) is 0 Å². The number of nitrogens with one attached hydrogen (secondary N) is 1. The molecule has 2 N–H and O–H groups in total. The molecule has 0 unspecified atom stereocenters. The highest BCUT2D eigenvalue weighted by atomic mass is 28.4. The average molecular weight is 504 g/mol. The number of carbonyl (C=O) groups excluding carboxylic acids is 1. The van der Waals surface area contributed by atoms with Gasteiger partial charge in [-0.2, -0.15) is 0 Å². The maximum absolute atomic E-state index is 13.9. The number of amides is 1. The van der Waals surface area contributed by atoms with Gasteiger partial charge in [0.15, 0.2) is 14.1 Å². The maximum atomic E-state index is 13.9. The molecular weight excluding hydrogens is 458 g/mol. The first-order valence-corrected chi connectivity index (χ1v) is 16.1. The lowest BCUT2D eigenvalue weighted by atomic mass is 9.89. The fourth-order valence-electron chi connectivity index (χ4n) is 5.76. The third-order valence-corrected chi connectivity index (χ3v) is 13.3. The number of fused-ring (bicyclic) bond motifs is 1. The van der Waals surface area contributed by atoms with E-state index in [1.807, 2.05) is 30.3 Å². The van der Waals surface area contributed by atoms with Crippen molar-refractivity contribution in [3.05, 3.63) is 35.9 Å². The number of benzene rings is 1. The molecule has 1 spiro atoms. The SMILES string of the molecule is CC1(C)COC2(C[C@@H]3C[C@H](O[Si](C)(C)C(C)(C)C)[C@@H](C(=O)N[C@@H](CO)c4ccccc4)[C@@H]3C2)OC1. The number of aliphatic hydroxyl groups excluding tert-OH is 1. The predicted octanol–water partition coefficient (Wildman–Crippen LogP) is 5.04. The standard InChI is InChI=1S/C28H45NO5Si/c1-26(2,3)35(6,7)34-23-13-20-14-28(32-17-27(4,5)18-33-28)15-21(20)24(23)25(31)29-22(16-30)19-11-9-8-10-12-19/h8-12,20-24,30H,13-18H2,1-7H3,(H,29,31)/t20-,21+,22-,23-,24-/m0/s1. The van der Waals surface area contributed by atoms with Crippen LogP contribution in [0.1, 0.15) is 65.5 Å². The van der Waals surface area contributed by atoms with Gasteiger partial charge in [-0.05, 0) is 42.0 Å². The fraction of sp³-hybridized carbons (Fsp3) is 0.750. The molecule has 1 heterocycles. The predicted molar refractivity (Wildman–Crippen MR) is 139 cm³/mol. The van der Waals surface area contributed by atoms with Crippen LogP contribution in [0.5, 0.6) is 0 Å². The van der Waals surface area contributed by atoms with E-state index >= 15 is 0 Å². The Morgan fingerprint density at radius 3 is 2.37 bits per heavy atom. The Morgan fingerprint density at radius 1 is 1.17 bits per heavy atom. The van der Waals surface area contributed by atoms with Crippen molar-refractivity contribution in [2.45, 2.75) is 89.9 Å². The minimum atomic E-state index is -2.08. The van der Waals surface area contributed by atoms with Gasteiger partial charge in [-0.3, -0.25) is 4.79 Å². The normalized spacial score (nSPS) is 30.7. The molecule has 35 heavy (non-hydrogen) atoms. The summed E-state index contributed by atoms with van der Waals surface area (Å²) in [5.41, 5.74) is 0.918.